The molecule has 1 heterocycles. The Bertz CT molecular complexity index is 1640. The molecule has 1 aromatic heterocycles. The highest BCUT2D eigenvalue weighted by Crippen LogP contribution is 2.38. The minimum absolute atomic E-state index is 0.0808. The molecule has 7 nitrogen and oxygen atoms in total. The molecule has 7 heteroatoms. The molecule has 38 heavy (non-hydrogen) atoms. The van der Waals surface area contributed by atoms with Crippen molar-refractivity contribution in [3.8, 4) is 6.07 Å². The van der Waals surface area contributed by atoms with Crippen molar-refractivity contribution in [2.24, 2.45) is 13.0 Å². The minimum atomic E-state index is -0.687. The van der Waals surface area contributed by atoms with Gasteiger partial charge in [0.05, 0.1) is 28.7 Å². The molecule has 4 aromatic rings. The Morgan fingerprint density at radius 2 is 1.95 bits per heavy atom. The summed E-state index contributed by atoms with van der Waals surface area (Å²) in [5.74, 6) is 0.357. The highest BCUT2D eigenvalue weighted by molar-refractivity contribution is 6.04. The molecular weight excluding hydrogens is 474 g/mol. The van der Waals surface area contributed by atoms with Gasteiger partial charge in [0.15, 0.2) is 0 Å². The number of nitrogens with one attached hydrogen (secondary N) is 1. The number of aryl methyl sites for hydroxylation is 2. The van der Waals surface area contributed by atoms with Crippen LogP contribution in [0.2, 0.25) is 0 Å². The zero-order valence-electron chi connectivity index (χ0n) is 22.2. The van der Waals surface area contributed by atoms with Gasteiger partial charge in [0.25, 0.3) is 11.5 Å². The van der Waals surface area contributed by atoms with Crippen molar-refractivity contribution in [3.05, 3.63) is 94.0 Å². The summed E-state index contributed by atoms with van der Waals surface area (Å²) in [6.45, 7) is 6.55. The first kappa shape index (κ1) is 25.2. The van der Waals surface area contributed by atoms with Crippen LogP contribution in [0.4, 0.5) is 17.1 Å². The van der Waals surface area contributed by atoms with Gasteiger partial charge in [-0.15, -0.1) is 0 Å². The van der Waals surface area contributed by atoms with Crippen LogP contribution in [0.3, 0.4) is 0 Å². The number of hydrogen-bond acceptors (Lipinski definition) is 5. The van der Waals surface area contributed by atoms with E-state index in [0.717, 1.165) is 29.0 Å². The maximum absolute atomic E-state index is 13.2. The second kappa shape index (κ2) is 9.79. The van der Waals surface area contributed by atoms with Gasteiger partial charge in [-0.3, -0.25) is 9.59 Å². The van der Waals surface area contributed by atoms with E-state index in [2.05, 4.69) is 28.2 Å². The van der Waals surface area contributed by atoms with Gasteiger partial charge in [0, 0.05) is 36.2 Å². The van der Waals surface area contributed by atoms with E-state index in [-0.39, 0.29) is 11.5 Å². The van der Waals surface area contributed by atoms with Gasteiger partial charge in [-0.05, 0) is 93.1 Å². The number of nitrogens with zero attached hydrogens (tertiary/aromatic N) is 4. The molecule has 1 amide bonds. The second-order valence-corrected chi connectivity index (χ2v) is 10.7. The maximum atomic E-state index is 13.2. The van der Waals surface area contributed by atoms with Gasteiger partial charge < -0.3 is 14.8 Å². The minimum Gasteiger partial charge on any atom is -0.341 e. The lowest BCUT2D eigenvalue weighted by Gasteiger charge is -2.27. The molecule has 5 rings (SSSR count). The summed E-state index contributed by atoms with van der Waals surface area (Å²) < 4.78 is 1.49. The van der Waals surface area contributed by atoms with Crippen molar-refractivity contribution in [1.29, 1.82) is 5.26 Å². The fraction of sp³-hybridized carbons (Fsp3) is 0.290. The van der Waals surface area contributed by atoms with Crippen LogP contribution >= 0.6 is 0 Å². The molecule has 1 N–H and O–H groups in total. The largest absolute Gasteiger partial charge is 0.341 e. The van der Waals surface area contributed by atoms with Crippen LogP contribution in [-0.4, -0.2) is 22.0 Å². The Morgan fingerprint density at radius 1 is 1.16 bits per heavy atom. The Balaban J connectivity index is 1.49. The van der Waals surface area contributed by atoms with Crippen LogP contribution < -0.4 is 15.8 Å². The smallest absolute Gasteiger partial charge is 0.260 e. The highest BCUT2D eigenvalue weighted by Gasteiger charge is 2.27. The molecule has 0 atom stereocenters. The van der Waals surface area contributed by atoms with Crippen molar-refractivity contribution in [1.82, 2.24) is 9.55 Å². The van der Waals surface area contributed by atoms with Gasteiger partial charge in [-0.25, -0.2) is 4.98 Å². The third-order valence-electron chi connectivity index (χ3n) is 7.23. The number of aromatic nitrogens is 2. The first-order valence-corrected chi connectivity index (χ1v) is 12.8. The average molecular weight is 506 g/mol. The zero-order valence-corrected chi connectivity index (χ0v) is 22.2. The van der Waals surface area contributed by atoms with E-state index in [4.69, 9.17) is 0 Å². The van der Waals surface area contributed by atoms with Crippen molar-refractivity contribution in [2.45, 2.75) is 39.0 Å². The quantitative estimate of drug-likeness (QED) is 0.341. The van der Waals surface area contributed by atoms with E-state index < -0.39 is 5.41 Å². The van der Waals surface area contributed by atoms with Crippen molar-refractivity contribution in [3.63, 3.8) is 0 Å². The molecule has 1 fully saturated rings. The van der Waals surface area contributed by atoms with Gasteiger partial charge in [-0.1, -0.05) is 18.2 Å². The number of amides is 1. The van der Waals surface area contributed by atoms with E-state index >= 15 is 0 Å². The predicted molar refractivity (Wildman–Crippen MR) is 151 cm³/mol. The molecular formula is C31H31N5O2. The molecule has 0 unspecified atom stereocenters. The highest BCUT2D eigenvalue weighted by atomic mass is 16.1. The number of carbonyl (C=O) groups is 1. The van der Waals surface area contributed by atoms with Crippen LogP contribution in [0.15, 0.2) is 71.8 Å². The summed E-state index contributed by atoms with van der Waals surface area (Å²) in [5.41, 5.74) is 4.85. The molecule has 1 aliphatic carbocycles. The SMILES string of the molecule is Cc1ccc(NC(=O)c2cccc(C(C)(C)C#N)c2)cc1N(CC1CC1)c1ccc2ncn(C)c(=O)c2c1. The number of benzene rings is 3. The summed E-state index contributed by atoms with van der Waals surface area (Å²) in [7, 11) is 1.71. The van der Waals surface area contributed by atoms with Crippen molar-refractivity contribution in [2.75, 3.05) is 16.8 Å². The Morgan fingerprint density at radius 3 is 2.68 bits per heavy atom. The van der Waals surface area contributed by atoms with E-state index in [0.29, 0.717) is 28.1 Å². The van der Waals surface area contributed by atoms with Crippen molar-refractivity contribution >= 4 is 33.9 Å². The molecule has 192 valence electrons. The van der Waals surface area contributed by atoms with Gasteiger partial charge in [0.2, 0.25) is 0 Å². The van der Waals surface area contributed by atoms with Crippen LogP contribution in [0.5, 0.6) is 0 Å². The number of fused-ring (bicyclic) bond motifs is 1. The zero-order chi connectivity index (χ0) is 27.0. The van der Waals surface area contributed by atoms with Gasteiger partial charge in [-0.2, -0.15) is 5.26 Å². The summed E-state index contributed by atoms with van der Waals surface area (Å²) in [4.78, 5) is 32.6. The average Bonchev–Trinajstić information content (AvgIpc) is 3.75. The molecule has 0 spiro atoms. The number of rotatable bonds is 7. The lowest BCUT2D eigenvalue weighted by molar-refractivity contribution is 0.102. The van der Waals surface area contributed by atoms with Gasteiger partial charge >= 0.3 is 0 Å². The second-order valence-electron chi connectivity index (χ2n) is 10.7. The molecule has 1 aliphatic rings. The molecule has 0 saturated heterocycles. The summed E-state index contributed by atoms with van der Waals surface area (Å²) in [6.07, 6.45) is 3.90. The van der Waals surface area contributed by atoms with Crippen LogP contribution in [0.25, 0.3) is 10.9 Å². The van der Waals surface area contributed by atoms with Crippen LogP contribution in [-0.2, 0) is 12.5 Å². The summed E-state index contributed by atoms with van der Waals surface area (Å²) >= 11 is 0. The fourth-order valence-corrected chi connectivity index (χ4v) is 4.56. The number of carbonyl (C=O) groups excluding carboxylic acids is 1. The Hall–Kier alpha value is -4.44. The van der Waals surface area contributed by atoms with Crippen molar-refractivity contribution < 1.29 is 4.79 Å². The summed E-state index contributed by atoms with van der Waals surface area (Å²) in [5, 5.41) is 13.1. The molecule has 0 radical (unpaired) electrons. The van der Waals surface area contributed by atoms with E-state index in [9.17, 15) is 14.9 Å². The third kappa shape index (κ3) is 5.03. The van der Waals surface area contributed by atoms with Crippen LogP contribution in [0.1, 0.15) is 48.2 Å². The monoisotopic (exact) mass is 505 g/mol. The lowest BCUT2D eigenvalue weighted by Crippen LogP contribution is -2.22. The molecule has 0 aliphatic heterocycles. The number of hydrogen-bond donors (Lipinski definition) is 1. The maximum Gasteiger partial charge on any atom is 0.260 e. The first-order valence-electron chi connectivity index (χ1n) is 12.8. The molecule has 1 saturated carbocycles. The lowest BCUT2D eigenvalue weighted by atomic mass is 9.85. The van der Waals surface area contributed by atoms with E-state index in [1.54, 1.807) is 31.6 Å². The standard InChI is InChI=1S/C31H31N5O2/c1-20-8-11-24(34-29(37)22-6-5-7-23(14-22)31(2,3)18-32)15-28(20)36(17-21-9-10-21)25-12-13-27-26(16-25)30(38)35(4)19-33-27/h5-8,11-16,19,21H,9-10,17H2,1-4H3,(H,34,37). The van der Waals surface area contributed by atoms with Gasteiger partial charge in [0.1, 0.15) is 0 Å². The Kier molecular flexibility index (Phi) is 6.50. The predicted octanol–water partition coefficient (Wildman–Crippen LogP) is 5.84. The number of nitriles is 1. The third-order valence-corrected chi connectivity index (χ3v) is 7.23. The topological polar surface area (TPSA) is 91.0 Å². The fourth-order valence-electron chi connectivity index (χ4n) is 4.56. The van der Waals surface area contributed by atoms with Crippen LogP contribution in [0, 0.1) is 24.2 Å². The Labute approximate surface area is 222 Å². The summed E-state index contributed by atoms with van der Waals surface area (Å²) in [6, 6.07) is 21.2. The normalized spacial score (nSPS) is 13.2. The molecule has 3 aromatic carbocycles. The number of anilines is 3. The van der Waals surface area contributed by atoms with E-state index in [1.165, 1.54) is 17.4 Å². The first-order chi connectivity index (χ1) is 18.2. The van der Waals surface area contributed by atoms with E-state index in [1.807, 2.05) is 56.3 Å². The molecule has 0 bridgehead atoms.